The Bertz CT molecular complexity index is 519. The van der Waals surface area contributed by atoms with Crippen LogP contribution in [0.3, 0.4) is 0 Å². The van der Waals surface area contributed by atoms with Crippen molar-refractivity contribution in [2.45, 2.75) is 58.8 Å². The van der Waals surface area contributed by atoms with E-state index in [1.165, 1.54) is 29.7 Å². The van der Waals surface area contributed by atoms with Crippen LogP contribution in [0, 0.1) is 11.3 Å². The molecule has 1 heterocycles. The Morgan fingerprint density at radius 3 is 2.57 bits per heavy atom. The molecule has 0 aliphatic heterocycles. The van der Waals surface area contributed by atoms with Gasteiger partial charge in [-0.1, -0.05) is 20.3 Å². The van der Waals surface area contributed by atoms with Gasteiger partial charge in [-0.3, -0.25) is 0 Å². The van der Waals surface area contributed by atoms with Crippen molar-refractivity contribution in [1.29, 1.82) is 5.26 Å². The molecule has 0 spiro atoms. The molecule has 2 rings (SSSR count). The van der Waals surface area contributed by atoms with Crippen LogP contribution in [0.2, 0.25) is 0 Å². The van der Waals surface area contributed by atoms with Gasteiger partial charge in [0.05, 0.1) is 11.9 Å². The maximum atomic E-state index is 9.50. The second-order valence-electron chi connectivity index (χ2n) is 5.64. The monoisotopic (exact) mass is 303 g/mol. The third-order valence-corrected chi connectivity index (χ3v) is 5.07. The van der Waals surface area contributed by atoms with E-state index in [9.17, 15) is 5.26 Å². The van der Waals surface area contributed by atoms with Crippen LogP contribution in [-0.2, 0) is 12.8 Å². The summed E-state index contributed by atoms with van der Waals surface area (Å²) in [5.74, 6) is 0. The fraction of sp³-hybridized carbons (Fsp3) is 0.647. The van der Waals surface area contributed by atoms with Crippen molar-refractivity contribution in [3.8, 4) is 6.07 Å². The summed E-state index contributed by atoms with van der Waals surface area (Å²) >= 11 is 1.73. The SMILES string of the molecule is CCCN(/C=N/c1sc2c(c1C#N)CCCCC2)CCC. The van der Waals surface area contributed by atoms with E-state index in [1.807, 2.05) is 6.34 Å². The Morgan fingerprint density at radius 1 is 1.19 bits per heavy atom. The summed E-state index contributed by atoms with van der Waals surface area (Å²) in [4.78, 5) is 8.30. The van der Waals surface area contributed by atoms with Gasteiger partial charge in [0.2, 0.25) is 0 Å². The van der Waals surface area contributed by atoms with Crippen LogP contribution >= 0.6 is 11.3 Å². The molecule has 1 aliphatic carbocycles. The number of hydrogen-bond acceptors (Lipinski definition) is 3. The fourth-order valence-electron chi connectivity index (χ4n) is 2.87. The lowest BCUT2D eigenvalue weighted by Crippen LogP contribution is -2.23. The van der Waals surface area contributed by atoms with Crippen molar-refractivity contribution in [2.75, 3.05) is 13.1 Å². The number of hydrogen-bond donors (Lipinski definition) is 0. The standard InChI is InChI=1S/C17H25N3S/c1-3-10-20(11-4-2)13-19-17-15(12-18)14-8-6-5-7-9-16(14)21-17/h13H,3-11H2,1-2H3/b19-13+. The van der Waals surface area contributed by atoms with Crippen molar-refractivity contribution in [3.05, 3.63) is 16.0 Å². The predicted molar refractivity (Wildman–Crippen MR) is 90.6 cm³/mol. The van der Waals surface area contributed by atoms with Crippen molar-refractivity contribution in [3.63, 3.8) is 0 Å². The fourth-order valence-corrected chi connectivity index (χ4v) is 4.05. The van der Waals surface area contributed by atoms with E-state index in [-0.39, 0.29) is 0 Å². The molecule has 0 aromatic carbocycles. The first-order valence-electron chi connectivity index (χ1n) is 8.13. The first kappa shape index (κ1) is 16.0. The Hall–Kier alpha value is -1.34. The normalized spacial score (nSPS) is 14.7. The zero-order valence-corrected chi connectivity index (χ0v) is 14.0. The number of aliphatic imine (C=N–C) groups is 1. The maximum Gasteiger partial charge on any atom is 0.136 e. The molecule has 4 heteroatoms. The highest BCUT2D eigenvalue weighted by molar-refractivity contribution is 7.16. The Labute approximate surface area is 132 Å². The highest BCUT2D eigenvalue weighted by atomic mass is 32.1. The molecular formula is C17H25N3S. The molecule has 1 aromatic heterocycles. The van der Waals surface area contributed by atoms with Gasteiger partial charge < -0.3 is 4.90 Å². The second-order valence-corrected chi connectivity index (χ2v) is 6.72. The Morgan fingerprint density at radius 2 is 1.90 bits per heavy atom. The van der Waals surface area contributed by atoms with Crippen LogP contribution in [0.1, 0.15) is 62.0 Å². The van der Waals surface area contributed by atoms with E-state index in [1.54, 1.807) is 11.3 Å². The largest absolute Gasteiger partial charge is 0.363 e. The molecule has 0 saturated carbocycles. The molecule has 3 nitrogen and oxygen atoms in total. The minimum absolute atomic E-state index is 0.834. The molecule has 0 bridgehead atoms. The van der Waals surface area contributed by atoms with Gasteiger partial charge in [-0.05, 0) is 44.1 Å². The van der Waals surface area contributed by atoms with Crippen molar-refractivity contribution in [2.24, 2.45) is 4.99 Å². The summed E-state index contributed by atoms with van der Waals surface area (Å²) < 4.78 is 0. The summed E-state index contributed by atoms with van der Waals surface area (Å²) in [5.41, 5.74) is 2.12. The number of aryl methyl sites for hydroxylation is 1. The first-order chi connectivity index (χ1) is 10.3. The quantitative estimate of drug-likeness (QED) is 0.435. The van der Waals surface area contributed by atoms with Crippen LogP contribution in [0.25, 0.3) is 0 Å². The van der Waals surface area contributed by atoms with Crippen molar-refractivity contribution >= 4 is 22.7 Å². The molecular weight excluding hydrogens is 278 g/mol. The molecule has 0 radical (unpaired) electrons. The van der Waals surface area contributed by atoms with Gasteiger partial charge in [0.25, 0.3) is 0 Å². The lowest BCUT2D eigenvalue weighted by Gasteiger charge is -2.17. The summed E-state index contributed by atoms with van der Waals surface area (Å²) in [5, 5.41) is 10.4. The average Bonchev–Trinajstić information content (AvgIpc) is 2.65. The molecule has 0 amide bonds. The van der Waals surface area contributed by atoms with Crippen LogP contribution in [0.15, 0.2) is 4.99 Å². The molecule has 0 unspecified atom stereocenters. The van der Waals surface area contributed by atoms with E-state index in [0.29, 0.717) is 0 Å². The van der Waals surface area contributed by atoms with E-state index in [0.717, 1.165) is 49.3 Å². The summed E-state index contributed by atoms with van der Waals surface area (Å²) in [6, 6.07) is 2.40. The van der Waals surface area contributed by atoms with Gasteiger partial charge in [0.15, 0.2) is 0 Å². The number of nitrogens with zero attached hydrogens (tertiary/aromatic N) is 3. The summed E-state index contributed by atoms with van der Waals surface area (Å²) in [7, 11) is 0. The molecule has 0 fully saturated rings. The van der Waals surface area contributed by atoms with Gasteiger partial charge in [-0.25, -0.2) is 4.99 Å². The van der Waals surface area contributed by atoms with E-state index >= 15 is 0 Å². The van der Waals surface area contributed by atoms with Gasteiger partial charge in [0.1, 0.15) is 11.1 Å². The topological polar surface area (TPSA) is 39.4 Å². The van der Waals surface area contributed by atoms with Crippen molar-refractivity contribution < 1.29 is 0 Å². The van der Waals surface area contributed by atoms with Gasteiger partial charge in [-0.15, -0.1) is 11.3 Å². The van der Waals surface area contributed by atoms with Gasteiger partial charge in [0, 0.05) is 18.0 Å². The molecule has 1 aliphatic rings. The Balaban J connectivity index is 2.21. The predicted octanol–water partition coefficient (Wildman–Crippen LogP) is 4.67. The van der Waals surface area contributed by atoms with Crippen LogP contribution < -0.4 is 0 Å². The third kappa shape index (κ3) is 4.07. The number of nitriles is 1. The van der Waals surface area contributed by atoms with E-state index in [4.69, 9.17) is 0 Å². The molecule has 1 aromatic rings. The number of thiophene rings is 1. The molecule has 0 saturated heterocycles. The van der Waals surface area contributed by atoms with E-state index in [2.05, 4.69) is 29.8 Å². The first-order valence-corrected chi connectivity index (χ1v) is 8.94. The van der Waals surface area contributed by atoms with Gasteiger partial charge >= 0.3 is 0 Å². The minimum atomic E-state index is 0.834. The number of rotatable bonds is 6. The average molecular weight is 303 g/mol. The Kier molecular flexibility index (Phi) is 6.25. The van der Waals surface area contributed by atoms with Crippen LogP contribution in [-0.4, -0.2) is 24.3 Å². The maximum absolute atomic E-state index is 9.50. The molecule has 21 heavy (non-hydrogen) atoms. The van der Waals surface area contributed by atoms with Gasteiger partial charge in [-0.2, -0.15) is 5.26 Å². The summed E-state index contributed by atoms with van der Waals surface area (Å²) in [6.45, 7) is 6.43. The zero-order valence-electron chi connectivity index (χ0n) is 13.2. The molecule has 114 valence electrons. The zero-order chi connectivity index (χ0) is 15.1. The molecule has 0 N–H and O–H groups in total. The van der Waals surface area contributed by atoms with E-state index < -0.39 is 0 Å². The lowest BCUT2D eigenvalue weighted by molar-refractivity contribution is 0.429. The minimum Gasteiger partial charge on any atom is -0.363 e. The highest BCUT2D eigenvalue weighted by Gasteiger charge is 2.19. The lowest BCUT2D eigenvalue weighted by atomic mass is 10.1. The third-order valence-electron chi connectivity index (χ3n) is 3.87. The second kappa shape index (κ2) is 8.19. The summed E-state index contributed by atoms with van der Waals surface area (Å²) in [6.07, 6.45) is 10.1. The number of fused-ring (bicyclic) bond motifs is 1. The highest BCUT2D eigenvalue weighted by Crippen LogP contribution is 2.38. The molecule has 0 atom stereocenters. The van der Waals surface area contributed by atoms with Crippen LogP contribution in [0.4, 0.5) is 5.00 Å². The van der Waals surface area contributed by atoms with Crippen molar-refractivity contribution in [1.82, 2.24) is 4.90 Å². The van der Waals surface area contributed by atoms with Crippen LogP contribution in [0.5, 0.6) is 0 Å². The smallest absolute Gasteiger partial charge is 0.136 e.